The van der Waals surface area contributed by atoms with E-state index in [1.165, 1.54) is 7.11 Å². The van der Waals surface area contributed by atoms with E-state index in [0.29, 0.717) is 36.7 Å². The van der Waals surface area contributed by atoms with Crippen molar-refractivity contribution in [1.29, 1.82) is 0 Å². The van der Waals surface area contributed by atoms with Crippen molar-refractivity contribution in [2.24, 2.45) is 5.73 Å². The summed E-state index contributed by atoms with van der Waals surface area (Å²) in [5.74, 6) is -0.822. The molecule has 29 heavy (non-hydrogen) atoms. The summed E-state index contributed by atoms with van der Waals surface area (Å²) in [4.78, 5) is 24.7. The van der Waals surface area contributed by atoms with E-state index in [1.807, 2.05) is 42.5 Å². The highest BCUT2D eigenvalue weighted by molar-refractivity contribution is 7.80. The lowest BCUT2D eigenvalue weighted by atomic mass is 10.1. The third-order valence-corrected chi connectivity index (χ3v) is 4.46. The molecule has 0 fully saturated rings. The van der Waals surface area contributed by atoms with Crippen molar-refractivity contribution >= 4 is 29.2 Å². The van der Waals surface area contributed by atoms with Gasteiger partial charge in [-0.25, -0.2) is 4.79 Å². The Labute approximate surface area is 176 Å². The molecule has 2 rings (SSSR count). The molecule has 0 aliphatic carbocycles. The average molecular weight is 415 g/mol. The van der Waals surface area contributed by atoms with Gasteiger partial charge < -0.3 is 26.4 Å². The van der Waals surface area contributed by atoms with Gasteiger partial charge in [0.1, 0.15) is 6.04 Å². The first kappa shape index (κ1) is 22.3. The Morgan fingerprint density at radius 3 is 2.34 bits per heavy atom. The molecule has 7 nitrogen and oxygen atoms in total. The zero-order chi connectivity index (χ0) is 21.1. The number of rotatable bonds is 9. The summed E-state index contributed by atoms with van der Waals surface area (Å²) in [5.41, 5.74) is 7.77. The molecule has 8 heteroatoms. The van der Waals surface area contributed by atoms with Gasteiger partial charge in [0.2, 0.25) is 0 Å². The molecule has 154 valence electrons. The number of nitrogens with two attached hydrogens (primary N) is 1. The first-order valence-corrected chi connectivity index (χ1v) is 9.67. The fourth-order valence-electron chi connectivity index (χ4n) is 2.63. The smallest absolute Gasteiger partial charge is 0.328 e. The summed E-state index contributed by atoms with van der Waals surface area (Å²) in [6.45, 7) is 1.63. The van der Waals surface area contributed by atoms with Gasteiger partial charge in [-0.3, -0.25) is 4.79 Å². The topological polar surface area (TPSA) is 105 Å². The van der Waals surface area contributed by atoms with E-state index in [9.17, 15) is 9.59 Å². The Kier molecular flexibility index (Phi) is 9.07. The molecule has 0 bridgehead atoms. The van der Waals surface area contributed by atoms with E-state index in [0.717, 1.165) is 11.1 Å². The minimum absolute atomic E-state index is 0.337. The van der Waals surface area contributed by atoms with Gasteiger partial charge in [0.05, 0.1) is 7.11 Å². The van der Waals surface area contributed by atoms with Crippen LogP contribution in [-0.4, -0.2) is 43.2 Å². The van der Waals surface area contributed by atoms with E-state index >= 15 is 0 Å². The second-order valence-corrected chi connectivity index (χ2v) is 6.74. The molecule has 0 aliphatic rings. The largest absolute Gasteiger partial charge is 0.467 e. The van der Waals surface area contributed by atoms with Gasteiger partial charge in [-0.15, -0.1) is 0 Å². The maximum Gasteiger partial charge on any atom is 0.328 e. The van der Waals surface area contributed by atoms with Crippen LogP contribution in [0.4, 0.5) is 0 Å². The molecular formula is C21H26N4O3S. The molecule has 0 spiro atoms. The number of carbonyl (C=O) groups is 2. The van der Waals surface area contributed by atoms with Crippen LogP contribution in [0, 0.1) is 0 Å². The van der Waals surface area contributed by atoms with Gasteiger partial charge >= 0.3 is 5.97 Å². The SMILES string of the molecule is COC(=O)[C@H](Cc1ccccc1)NC(=O)c1ccc(CNC(=S)NCCN)cc1. The minimum atomic E-state index is -0.762. The molecule has 0 unspecified atom stereocenters. The molecule has 1 atom stereocenters. The van der Waals surface area contributed by atoms with Crippen LogP contribution in [0.25, 0.3) is 0 Å². The number of nitrogens with one attached hydrogen (secondary N) is 3. The van der Waals surface area contributed by atoms with Crippen LogP contribution in [0.15, 0.2) is 54.6 Å². The lowest BCUT2D eigenvalue weighted by molar-refractivity contribution is -0.142. The standard InChI is InChI=1S/C21H26N4O3S/c1-28-20(27)18(13-15-5-3-2-4-6-15)25-19(26)17-9-7-16(8-10-17)14-24-21(29)23-12-11-22/h2-10,18H,11-14,22H2,1H3,(H,25,26)(H2,23,24,29)/t18-/m0/s1. The van der Waals surface area contributed by atoms with Gasteiger partial charge in [0.15, 0.2) is 5.11 Å². The summed E-state index contributed by atoms with van der Waals surface area (Å²) in [5, 5.41) is 9.33. The number of hydrogen-bond acceptors (Lipinski definition) is 5. The van der Waals surface area contributed by atoms with Crippen molar-refractivity contribution in [1.82, 2.24) is 16.0 Å². The summed E-state index contributed by atoms with van der Waals surface area (Å²) < 4.78 is 4.83. The van der Waals surface area contributed by atoms with Gasteiger partial charge in [-0.2, -0.15) is 0 Å². The molecular weight excluding hydrogens is 388 g/mol. The van der Waals surface area contributed by atoms with Crippen LogP contribution < -0.4 is 21.7 Å². The number of esters is 1. The molecule has 2 aromatic carbocycles. The molecule has 0 saturated carbocycles. The van der Waals surface area contributed by atoms with E-state index in [-0.39, 0.29) is 5.91 Å². The van der Waals surface area contributed by atoms with Crippen LogP contribution in [0.3, 0.4) is 0 Å². The highest BCUT2D eigenvalue weighted by Crippen LogP contribution is 2.08. The summed E-state index contributed by atoms with van der Waals surface area (Å²) in [6.07, 6.45) is 0.356. The second-order valence-electron chi connectivity index (χ2n) is 6.33. The van der Waals surface area contributed by atoms with Gasteiger partial charge in [-0.1, -0.05) is 42.5 Å². The maximum absolute atomic E-state index is 12.6. The Morgan fingerprint density at radius 1 is 1.03 bits per heavy atom. The van der Waals surface area contributed by atoms with Gasteiger partial charge in [-0.05, 0) is 35.5 Å². The molecule has 0 heterocycles. The van der Waals surface area contributed by atoms with E-state index in [2.05, 4.69) is 16.0 Å². The quantitative estimate of drug-likeness (QED) is 0.360. The summed E-state index contributed by atoms with van der Waals surface area (Å²) in [7, 11) is 1.31. The first-order chi connectivity index (χ1) is 14.0. The van der Waals surface area contributed by atoms with Crippen molar-refractivity contribution in [2.45, 2.75) is 19.0 Å². The van der Waals surface area contributed by atoms with Crippen LogP contribution in [0.2, 0.25) is 0 Å². The summed E-state index contributed by atoms with van der Waals surface area (Å²) >= 11 is 5.14. The Morgan fingerprint density at radius 2 is 1.72 bits per heavy atom. The number of carbonyl (C=O) groups excluding carboxylic acids is 2. The minimum Gasteiger partial charge on any atom is -0.467 e. The molecule has 0 aliphatic heterocycles. The van der Waals surface area contributed by atoms with Gasteiger partial charge in [0, 0.05) is 31.6 Å². The molecule has 5 N–H and O–H groups in total. The van der Waals surface area contributed by atoms with Crippen LogP contribution in [0.1, 0.15) is 21.5 Å². The monoisotopic (exact) mass is 414 g/mol. The highest BCUT2D eigenvalue weighted by atomic mass is 32.1. The predicted molar refractivity (Wildman–Crippen MR) is 116 cm³/mol. The third-order valence-electron chi connectivity index (χ3n) is 4.17. The van der Waals surface area contributed by atoms with Crippen LogP contribution in [-0.2, 0) is 22.5 Å². The number of hydrogen-bond donors (Lipinski definition) is 4. The Hall–Kier alpha value is -2.97. The zero-order valence-electron chi connectivity index (χ0n) is 16.3. The molecule has 1 amide bonds. The van der Waals surface area contributed by atoms with Crippen molar-refractivity contribution in [3.05, 3.63) is 71.3 Å². The highest BCUT2D eigenvalue weighted by Gasteiger charge is 2.22. The number of thiocarbonyl (C=S) groups is 1. The lowest BCUT2D eigenvalue weighted by Crippen LogP contribution is -2.43. The fraction of sp³-hybridized carbons (Fsp3) is 0.286. The number of amides is 1. The first-order valence-electron chi connectivity index (χ1n) is 9.26. The van der Waals surface area contributed by atoms with E-state index in [1.54, 1.807) is 12.1 Å². The predicted octanol–water partition coefficient (Wildman–Crippen LogP) is 1.12. The zero-order valence-corrected chi connectivity index (χ0v) is 17.1. The van der Waals surface area contributed by atoms with Crippen molar-refractivity contribution < 1.29 is 14.3 Å². The molecule has 0 radical (unpaired) electrons. The van der Waals surface area contributed by atoms with Crippen molar-refractivity contribution in [3.63, 3.8) is 0 Å². The molecule has 0 aromatic heterocycles. The molecule has 0 saturated heterocycles. The number of methoxy groups -OCH3 is 1. The lowest BCUT2D eigenvalue weighted by Gasteiger charge is -2.17. The maximum atomic E-state index is 12.6. The molecule has 2 aromatic rings. The average Bonchev–Trinajstić information content (AvgIpc) is 2.76. The normalized spacial score (nSPS) is 11.2. The Bertz CT molecular complexity index is 812. The van der Waals surface area contributed by atoms with Gasteiger partial charge in [0.25, 0.3) is 5.91 Å². The van der Waals surface area contributed by atoms with E-state index < -0.39 is 12.0 Å². The Balaban J connectivity index is 1.95. The van der Waals surface area contributed by atoms with Crippen LogP contribution >= 0.6 is 12.2 Å². The summed E-state index contributed by atoms with van der Waals surface area (Å²) in [6, 6.07) is 15.8. The third kappa shape index (κ3) is 7.52. The van der Waals surface area contributed by atoms with Crippen LogP contribution in [0.5, 0.6) is 0 Å². The van der Waals surface area contributed by atoms with Crippen molar-refractivity contribution in [3.8, 4) is 0 Å². The van der Waals surface area contributed by atoms with Crippen molar-refractivity contribution in [2.75, 3.05) is 20.2 Å². The number of ether oxygens (including phenoxy) is 1. The number of benzene rings is 2. The fourth-order valence-corrected chi connectivity index (χ4v) is 2.81. The second kappa shape index (κ2) is 11.8. The van der Waals surface area contributed by atoms with E-state index in [4.69, 9.17) is 22.7 Å².